The number of phenolic OH excluding ortho intramolecular Hbond substituents is 1. The highest BCUT2D eigenvalue weighted by Gasteiger charge is 2.25. The molecule has 0 spiro atoms. The van der Waals surface area contributed by atoms with E-state index in [0.717, 1.165) is 30.4 Å². The molecule has 2 rings (SSSR count). The van der Waals surface area contributed by atoms with Gasteiger partial charge in [-0.2, -0.15) is 0 Å². The number of aliphatic hydroxyl groups is 1. The Balaban J connectivity index is 2.25. The third-order valence-corrected chi connectivity index (χ3v) is 6.42. The molecule has 2 atom stereocenters. The number of hydrogen-bond donors (Lipinski definition) is 3. The van der Waals surface area contributed by atoms with Crippen LogP contribution in [0.5, 0.6) is 5.75 Å². The standard InChI is InChI=1S/C30H45N3O4/c1-6-13-32(14-7-2)29(36)24-16-22(5)17-25(19-24)30(37)33(15-12-21(3)4)20-28(35)27(31)18-23-8-10-26(34)11-9-23/h8-11,16-17,19,21,27-28,34-35H,6-7,12-15,18,20,31H2,1-5H3/t27-,28+/m0/s1. The van der Waals surface area contributed by atoms with Crippen LogP contribution in [0, 0.1) is 12.8 Å². The number of nitrogens with zero attached hydrogens (tertiary/aromatic N) is 2. The molecule has 204 valence electrons. The van der Waals surface area contributed by atoms with Crippen LogP contribution < -0.4 is 5.73 Å². The summed E-state index contributed by atoms with van der Waals surface area (Å²) in [7, 11) is 0. The first-order valence-corrected chi connectivity index (χ1v) is 13.5. The molecule has 0 bridgehead atoms. The molecule has 0 aliphatic carbocycles. The van der Waals surface area contributed by atoms with Crippen LogP contribution in [-0.2, 0) is 6.42 Å². The Kier molecular flexibility index (Phi) is 12.1. The highest BCUT2D eigenvalue weighted by molar-refractivity contribution is 6.00. The van der Waals surface area contributed by atoms with Gasteiger partial charge in [-0.25, -0.2) is 0 Å². The highest BCUT2D eigenvalue weighted by atomic mass is 16.3. The minimum Gasteiger partial charge on any atom is -0.508 e. The molecular formula is C30H45N3O4. The van der Waals surface area contributed by atoms with Gasteiger partial charge in [-0.05, 0) is 80.0 Å². The summed E-state index contributed by atoms with van der Waals surface area (Å²) in [6.45, 7) is 12.1. The Bertz CT molecular complexity index is 1000. The molecule has 0 saturated heterocycles. The molecule has 4 N–H and O–H groups in total. The van der Waals surface area contributed by atoms with E-state index in [1.54, 1.807) is 41.3 Å². The second-order valence-corrected chi connectivity index (χ2v) is 10.4. The van der Waals surface area contributed by atoms with Gasteiger partial charge >= 0.3 is 0 Å². The lowest BCUT2D eigenvalue weighted by Crippen LogP contribution is -2.47. The maximum Gasteiger partial charge on any atom is 0.253 e. The van der Waals surface area contributed by atoms with Gasteiger partial charge < -0.3 is 25.7 Å². The van der Waals surface area contributed by atoms with Crippen LogP contribution in [-0.4, -0.2) is 70.2 Å². The first kappa shape index (κ1) is 30.3. The van der Waals surface area contributed by atoms with Gasteiger partial charge in [0, 0.05) is 43.3 Å². The number of benzene rings is 2. The van der Waals surface area contributed by atoms with Gasteiger partial charge in [0.05, 0.1) is 6.10 Å². The van der Waals surface area contributed by atoms with E-state index in [4.69, 9.17) is 5.73 Å². The number of phenols is 1. The Morgan fingerprint density at radius 2 is 1.43 bits per heavy atom. The number of carbonyl (C=O) groups is 2. The van der Waals surface area contributed by atoms with E-state index >= 15 is 0 Å². The summed E-state index contributed by atoms with van der Waals surface area (Å²) in [5, 5.41) is 20.4. The molecule has 0 aromatic heterocycles. The topological polar surface area (TPSA) is 107 Å². The summed E-state index contributed by atoms with van der Waals surface area (Å²) in [6.07, 6.45) is 2.01. The largest absolute Gasteiger partial charge is 0.508 e. The molecule has 0 radical (unpaired) electrons. The lowest BCUT2D eigenvalue weighted by atomic mass is 10.00. The minimum atomic E-state index is -0.930. The summed E-state index contributed by atoms with van der Waals surface area (Å²) in [5.41, 5.74) is 9.01. The van der Waals surface area contributed by atoms with Crippen molar-refractivity contribution in [2.75, 3.05) is 26.2 Å². The SMILES string of the molecule is CCCN(CCC)C(=O)c1cc(C)cc(C(=O)N(CCC(C)C)C[C@@H](O)[C@@H](N)Cc2ccc(O)cc2)c1. The molecule has 37 heavy (non-hydrogen) atoms. The van der Waals surface area contributed by atoms with Gasteiger partial charge in [-0.3, -0.25) is 9.59 Å². The molecular weight excluding hydrogens is 466 g/mol. The molecule has 0 aliphatic heterocycles. The molecule has 0 heterocycles. The van der Waals surface area contributed by atoms with Gasteiger partial charge in [0.25, 0.3) is 11.8 Å². The average molecular weight is 512 g/mol. The predicted molar refractivity (Wildman–Crippen MR) is 149 cm³/mol. The average Bonchev–Trinajstić information content (AvgIpc) is 2.86. The summed E-state index contributed by atoms with van der Waals surface area (Å²) in [6, 6.07) is 11.5. The maximum atomic E-state index is 13.7. The lowest BCUT2D eigenvalue weighted by molar-refractivity contribution is 0.0563. The van der Waals surface area contributed by atoms with E-state index in [-0.39, 0.29) is 24.1 Å². The van der Waals surface area contributed by atoms with Crippen LogP contribution in [0.3, 0.4) is 0 Å². The molecule has 0 saturated carbocycles. The van der Waals surface area contributed by atoms with Crippen LogP contribution in [0.1, 0.15) is 78.8 Å². The quantitative estimate of drug-likeness (QED) is 0.349. The Labute approximate surface area is 222 Å². The summed E-state index contributed by atoms with van der Waals surface area (Å²) in [4.78, 5) is 30.4. The van der Waals surface area contributed by atoms with Crippen molar-refractivity contribution >= 4 is 11.8 Å². The van der Waals surface area contributed by atoms with Gasteiger partial charge in [-0.1, -0.05) is 39.8 Å². The smallest absolute Gasteiger partial charge is 0.253 e. The first-order chi connectivity index (χ1) is 17.5. The predicted octanol–water partition coefficient (Wildman–Crippen LogP) is 4.38. The third-order valence-electron chi connectivity index (χ3n) is 6.42. The molecule has 0 fully saturated rings. The van der Waals surface area contributed by atoms with Gasteiger partial charge in [0.2, 0.25) is 0 Å². The zero-order valence-corrected chi connectivity index (χ0v) is 23.1. The van der Waals surface area contributed by atoms with Crippen LogP contribution in [0.25, 0.3) is 0 Å². The number of aryl methyl sites for hydroxylation is 1. The molecule has 2 amide bonds. The van der Waals surface area contributed by atoms with Crippen molar-refractivity contribution in [2.45, 2.75) is 72.4 Å². The van der Waals surface area contributed by atoms with Crippen LogP contribution in [0.4, 0.5) is 0 Å². The number of rotatable bonds is 14. The molecule has 7 heteroatoms. The van der Waals surface area contributed by atoms with Gasteiger partial charge in [-0.15, -0.1) is 0 Å². The highest BCUT2D eigenvalue weighted by Crippen LogP contribution is 2.18. The number of nitrogens with two attached hydrogens (primary N) is 1. The van der Waals surface area contributed by atoms with E-state index in [1.165, 1.54) is 0 Å². The first-order valence-electron chi connectivity index (χ1n) is 13.5. The zero-order chi connectivity index (χ0) is 27.5. The van der Waals surface area contributed by atoms with E-state index in [9.17, 15) is 19.8 Å². The van der Waals surface area contributed by atoms with Crippen LogP contribution >= 0.6 is 0 Å². The summed E-state index contributed by atoms with van der Waals surface area (Å²) in [5.74, 6) is 0.272. The summed E-state index contributed by atoms with van der Waals surface area (Å²) >= 11 is 0. The van der Waals surface area contributed by atoms with E-state index in [1.807, 2.05) is 31.7 Å². The normalized spacial score (nSPS) is 12.9. The minimum absolute atomic E-state index is 0.0638. The molecule has 2 aromatic carbocycles. The Morgan fingerprint density at radius 3 is 1.95 bits per heavy atom. The number of hydrogen-bond acceptors (Lipinski definition) is 5. The van der Waals surface area contributed by atoms with E-state index in [0.29, 0.717) is 43.1 Å². The fourth-order valence-electron chi connectivity index (χ4n) is 4.34. The van der Waals surface area contributed by atoms with Crippen LogP contribution in [0.15, 0.2) is 42.5 Å². The van der Waals surface area contributed by atoms with Crippen molar-refractivity contribution in [1.82, 2.24) is 9.80 Å². The van der Waals surface area contributed by atoms with E-state index < -0.39 is 12.1 Å². The number of aliphatic hydroxyl groups excluding tert-OH is 1. The van der Waals surface area contributed by atoms with Crippen molar-refractivity contribution in [2.24, 2.45) is 11.7 Å². The van der Waals surface area contributed by atoms with Crippen LogP contribution in [0.2, 0.25) is 0 Å². The van der Waals surface area contributed by atoms with Crippen molar-refractivity contribution in [1.29, 1.82) is 0 Å². The lowest BCUT2D eigenvalue weighted by Gasteiger charge is -2.29. The monoisotopic (exact) mass is 511 g/mol. The second kappa shape index (κ2) is 14.7. The van der Waals surface area contributed by atoms with Crippen molar-refractivity contribution in [3.05, 3.63) is 64.7 Å². The zero-order valence-electron chi connectivity index (χ0n) is 23.1. The summed E-state index contributed by atoms with van der Waals surface area (Å²) < 4.78 is 0. The fourth-order valence-corrected chi connectivity index (χ4v) is 4.34. The molecule has 7 nitrogen and oxygen atoms in total. The molecule has 2 aromatic rings. The second-order valence-electron chi connectivity index (χ2n) is 10.4. The fraction of sp³-hybridized carbons (Fsp3) is 0.533. The van der Waals surface area contributed by atoms with Crippen molar-refractivity contribution < 1.29 is 19.8 Å². The van der Waals surface area contributed by atoms with E-state index in [2.05, 4.69) is 13.8 Å². The third kappa shape index (κ3) is 9.48. The van der Waals surface area contributed by atoms with Crippen molar-refractivity contribution in [3.63, 3.8) is 0 Å². The van der Waals surface area contributed by atoms with Gasteiger partial charge in [0.15, 0.2) is 0 Å². The number of amides is 2. The number of aromatic hydroxyl groups is 1. The Morgan fingerprint density at radius 1 is 0.892 bits per heavy atom. The Hall–Kier alpha value is -2.90. The van der Waals surface area contributed by atoms with Crippen molar-refractivity contribution in [3.8, 4) is 5.75 Å². The maximum absolute atomic E-state index is 13.7. The molecule has 0 unspecified atom stereocenters. The molecule has 0 aliphatic rings. The number of carbonyl (C=O) groups excluding carboxylic acids is 2. The van der Waals surface area contributed by atoms with Gasteiger partial charge in [0.1, 0.15) is 5.75 Å².